The van der Waals surface area contributed by atoms with Crippen LogP contribution in [-0.2, 0) is 46.5 Å². The van der Waals surface area contributed by atoms with E-state index in [0.29, 0.717) is 39.2 Å². The zero-order chi connectivity index (χ0) is 40.9. The summed E-state index contributed by atoms with van der Waals surface area (Å²) < 4.78 is 53.5. The highest BCUT2D eigenvalue weighted by atomic mass is 32.2. The Bertz CT molecular complexity index is 1860. The van der Waals surface area contributed by atoms with Gasteiger partial charge in [0.15, 0.2) is 0 Å². The fraction of sp³-hybridized carbons (Fsp3) is 0.512. The highest BCUT2D eigenvalue weighted by Crippen LogP contribution is 2.28. The molecule has 2 saturated heterocycles. The molecule has 4 atom stereocenters. The van der Waals surface area contributed by atoms with Crippen LogP contribution in [0.15, 0.2) is 94.9 Å². The second kappa shape index (κ2) is 20.0. The molecule has 56 heavy (non-hydrogen) atoms. The summed E-state index contributed by atoms with van der Waals surface area (Å²) in [5.74, 6) is 0. The summed E-state index contributed by atoms with van der Waals surface area (Å²) in [5, 5.41) is 3.74. The van der Waals surface area contributed by atoms with E-state index in [1.807, 2.05) is 88.4 Å². The van der Waals surface area contributed by atoms with Crippen molar-refractivity contribution in [3.8, 4) is 0 Å². The average molecular weight is 794 g/mol. The molecular formula is C41H55N5O9S. The number of nitrogens with zero attached hydrogens (tertiary/aromatic N) is 5. The molecule has 3 aromatic carbocycles. The minimum Gasteiger partial charge on any atom is -0.444 e. The van der Waals surface area contributed by atoms with Gasteiger partial charge in [0, 0.05) is 11.5 Å². The van der Waals surface area contributed by atoms with Crippen LogP contribution in [0.3, 0.4) is 0 Å². The van der Waals surface area contributed by atoms with Crippen LogP contribution in [0.25, 0.3) is 10.4 Å². The maximum Gasteiger partial charge on any atom is 0.410 e. The Morgan fingerprint density at radius 2 is 1.20 bits per heavy atom. The Labute approximate surface area is 330 Å². The Kier molecular flexibility index (Phi) is 15.7. The lowest BCUT2D eigenvalue weighted by molar-refractivity contribution is 0.00778. The summed E-state index contributed by atoms with van der Waals surface area (Å²) >= 11 is 0. The molecule has 2 amide bonds. The molecular weight excluding hydrogens is 739 g/mol. The van der Waals surface area contributed by atoms with Gasteiger partial charge in [0.05, 0.1) is 62.1 Å². The number of hydrogen-bond acceptors (Lipinski definition) is 10. The second-order valence-electron chi connectivity index (χ2n) is 15.9. The first-order valence-electron chi connectivity index (χ1n) is 18.7. The summed E-state index contributed by atoms with van der Waals surface area (Å²) in [7, 11) is -3.95. The van der Waals surface area contributed by atoms with Gasteiger partial charge in [-0.2, -0.15) is 8.42 Å². The van der Waals surface area contributed by atoms with E-state index in [2.05, 4.69) is 10.0 Å². The van der Waals surface area contributed by atoms with E-state index < -0.39 is 39.6 Å². The molecule has 0 aromatic heterocycles. The molecule has 1 unspecified atom stereocenters. The standard InChI is InChI=1S/C24H31NO6S.C17H24N4O3/c1-18-10-12-22(13-11-18)32(27,28)31-21-14-20(17-29-16-19-8-6-5-7-9-19)25(15-21)23(26)30-24(2,3)4;1-17(2,3)24-16(22)21-10-14(19-20-18)9-15(21)12-23-11-13-7-5-4-6-8-13/h5-13,20-21H,14-17H2,1-4H3;4-8,14-15H,9-12H2,1-3H3/t20-,21-;14?,15-/m00/s1. The molecule has 5 rings (SSSR count). The van der Waals surface area contributed by atoms with Crippen molar-refractivity contribution in [2.24, 2.45) is 5.11 Å². The molecule has 0 saturated carbocycles. The minimum atomic E-state index is -3.95. The third-order valence-corrected chi connectivity index (χ3v) is 10.0. The summed E-state index contributed by atoms with van der Waals surface area (Å²) in [6.45, 7) is 14.7. The lowest BCUT2D eigenvalue weighted by atomic mass is 10.2. The third-order valence-electron chi connectivity index (χ3n) is 8.66. The van der Waals surface area contributed by atoms with E-state index in [9.17, 15) is 18.0 Å². The Balaban J connectivity index is 0.000000259. The van der Waals surface area contributed by atoms with E-state index in [1.54, 1.807) is 37.8 Å². The SMILES string of the molecule is CC(C)(C)OC(=O)N1CC(N=[N+]=[N-])C[C@H]1COCc1ccccc1.Cc1ccc(S(=O)(=O)O[C@H]2C[C@@H](COCc3ccccc3)N(C(=O)OC(C)(C)C)C2)cc1. The number of benzene rings is 3. The molecule has 0 spiro atoms. The van der Waals surface area contributed by atoms with E-state index in [1.165, 1.54) is 17.0 Å². The molecule has 2 heterocycles. The maximum atomic E-state index is 12.8. The van der Waals surface area contributed by atoms with Gasteiger partial charge in [0.25, 0.3) is 10.1 Å². The normalized spacial score (nSPS) is 19.8. The Hall–Kier alpha value is -4.66. The van der Waals surface area contributed by atoms with E-state index in [4.69, 9.17) is 28.7 Å². The number of aryl methyl sites for hydroxylation is 1. The van der Waals surface area contributed by atoms with Crippen molar-refractivity contribution < 1.29 is 41.1 Å². The van der Waals surface area contributed by atoms with Crippen LogP contribution in [0.1, 0.15) is 71.1 Å². The summed E-state index contributed by atoms with van der Waals surface area (Å²) in [4.78, 5) is 31.2. The molecule has 0 N–H and O–H groups in total. The number of carbonyl (C=O) groups excluding carboxylic acids is 2. The predicted molar refractivity (Wildman–Crippen MR) is 211 cm³/mol. The van der Waals surface area contributed by atoms with Crippen molar-refractivity contribution in [1.82, 2.24) is 9.80 Å². The van der Waals surface area contributed by atoms with Crippen molar-refractivity contribution in [3.05, 3.63) is 112 Å². The largest absolute Gasteiger partial charge is 0.444 e. The van der Waals surface area contributed by atoms with Crippen LogP contribution in [0.2, 0.25) is 0 Å². The minimum absolute atomic E-state index is 0.0932. The van der Waals surface area contributed by atoms with Gasteiger partial charge in [0.2, 0.25) is 0 Å². The lowest BCUT2D eigenvalue weighted by Crippen LogP contribution is -2.42. The number of azide groups is 1. The first-order chi connectivity index (χ1) is 26.4. The molecule has 0 radical (unpaired) electrons. The van der Waals surface area contributed by atoms with Gasteiger partial charge in [-0.1, -0.05) is 83.5 Å². The molecule has 2 aliphatic rings. The van der Waals surface area contributed by atoms with Gasteiger partial charge in [-0.05, 0) is 90.1 Å². The van der Waals surface area contributed by atoms with E-state index >= 15 is 0 Å². The Morgan fingerprint density at radius 1 is 0.732 bits per heavy atom. The van der Waals surface area contributed by atoms with Gasteiger partial charge < -0.3 is 28.7 Å². The molecule has 15 heteroatoms. The van der Waals surface area contributed by atoms with Gasteiger partial charge in [-0.3, -0.25) is 4.18 Å². The van der Waals surface area contributed by atoms with Crippen molar-refractivity contribution in [2.45, 2.75) is 115 Å². The predicted octanol–water partition coefficient (Wildman–Crippen LogP) is 8.19. The highest BCUT2D eigenvalue weighted by Gasteiger charge is 2.41. The molecule has 304 valence electrons. The molecule has 14 nitrogen and oxygen atoms in total. The van der Waals surface area contributed by atoms with Crippen LogP contribution in [0.5, 0.6) is 0 Å². The first-order valence-corrected chi connectivity index (χ1v) is 20.1. The van der Waals surface area contributed by atoms with Gasteiger partial charge in [-0.25, -0.2) is 9.59 Å². The van der Waals surface area contributed by atoms with Crippen LogP contribution >= 0.6 is 0 Å². The van der Waals surface area contributed by atoms with Gasteiger partial charge in [-0.15, -0.1) is 0 Å². The van der Waals surface area contributed by atoms with Crippen LogP contribution in [-0.4, -0.2) is 92.1 Å². The van der Waals surface area contributed by atoms with Crippen LogP contribution in [0.4, 0.5) is 9.59 Å². The molecule has 2 aliphatic heterocycles. The lowest BCUT2D eigenvalue weighted by Gasteiger charge is -2.28. The van der Waals surface area contributed by atoms with Crippen LogP contribution < -0.4 is 0 Å². The first kappa shape index (κ1) is 44.1. The van der Waals surface area contributed by atoms with Gasteiger partial charge in [0.1, 0.15) is 11.2 Å². The second-order valence-corrected chi connectivity index (χ2v) is 17.5. The average Bonchev–Trinajstić information content (AvgIpc) is 3.72. The number of amides is 2. The van der Waals surface area contributed by atoms with Crippen LogP contribution in [0, 0.1) is 6.92 Å². The van der Waals surface area contributed by atoms with E-state index in [-0.39, 0.29) is 36.2 Å². The highest BCUT2D eigenvalue weighted by molar-refractivity contribution is 7.86. The number of carbonyl (C=O) groups is 2. The molecule has 0 aliphatic carbocycles. The number of likely N-dealkylation sites (tertiary alicyclic amines) is 2. The Morgan fingerprint density at radius 3 is 1.66 bits per heavy atom. The quantitative estimate of drug-likeness (QED) is 0.0759. The fourth-order valence-corrected chi connectivity index (χ4v) is 7.19. The van der Waals surface area contributed by atoms with Gasteiger partial charge >= 0.3 is 12.2 Å². The topological polar surface area (TPSA) is 170 Å². The van der Waals surface area contributed by atoms with Crippen molar-refractivity contribution >= 4 is 22.3 Å². The number of rotatable bonds is 12. The number of ether oxygens (including phenoxy) is 4. The van der Waals surface area contributed by atoms with Crippen molar-refractivity contribution in [1.29, 1.82) is 0 Å². The van der Waals surface area contributed by atoms with E-state index in [0.717, 1.165) is 16.7 Å². The third kappa shape index (κ3) is 14.4. The van der Waals surface area contributed by atoms with Crippen molar-refractivity contribution in [3.63, 3.8) is 0 Å². The smallest absolute Gasteiger partial charge is 0.410 e. The summed E-state index contributed by atoms with van der Waals surface area (Å²) in [5.41, 5.74) is 10.5. The zero-order valence-corrected chi connectivity index (χ0v) is 34.2. The fourth-order valence-electron chi connectivity index (χ4n) is 6.11. The zero-order valence-electron chi connectivity index (χ0n) is 33.4. The number of hydrogen-bond donors (Lipinski definition) is 0. The monoisotopic (exact) mass is 793 g/mol. The maximum absolute atomic E-state index is 12.8. The summed E-state index contributed by atoms with van der Waals surface area (Å²) in [6, 6.07) is 25.3. The molecule has 3 aromatic rings. The summed E-state index contributed by atoms with van der Waals surface area (Å²) in [6.07, 6.45) is -0.674. The molecule has 2 fully saturated rings. The molecule has 0 bridgehead atoms. The van der Waals surface area contributed by atoms with Crippen molar-refractivity contribution in [2.75, 3.05) is 26.3 Å².